The molecule has 0 radical (unpaired) electrons. The Morgan fingerprint density at radius 1 is 1.14 bits per heavy atom. The first-order chi connectivity index (χ1) is 13.2. The normalized spacial score (nSPS) is 16.1. The van der Waals surface area contributed by atoms with Crippen LogP contribution in [0.3, 0.4) is 0 Å². The molecule has 0 unspecified atom stereocenters. The third-order valence-corrected chi connectivity index (χ3v) is 5.60. The number of carbonyl (C=O) groups excluding carboxylic acids is 1. The van der Waals surface area contributed by atoms with Gasteiger partial charge >= 0.3 is 0 Å². The molecule has 0 saturated heterocycles. The van der Waals surface area contributed by atoms with Gasteiger partial charge in [-0.15, -0.1) is 0 Å². The van der Waals surface area contributed by atoms with Gasteiger partial charge < -0.3 is 9.88 Å². The molecule has 28 heavy (non-hydrogen) atoms. The summed E-state index contributed by atoms with van der Waals surface area (Å²) in [5.74, 6) is 1.43. The van der Waals surface area contributed by atoms with Gasteiger partial charge in [-0.3, -0.25) is 9.69 Å². The average Bonchev–Trinajstić information content (AvgIpc) is 3.00. The Morgan fingerprint density at radius 3 is 2.43 bits per heavy atom. The van der Waals surface area contributed by atoms with Gasteiger partial charge in [0.2, 0.25) is 0 Å². The predicted octanol–water partition coefficient (Wildman–Crippen LogP) is 4.19. The van der Waals surface area contributed by atoms with E-state index < -0.39 is 0 Å². The van der Waals surface area contributed by atoms with Crippen molar-refractivity contribution in [2.24, 2.45) is 11.3 Å². The Balaban J connectivity index is 1.97. The number of aromatic nitrogens is 2. The van der Waals surface area contributed by atoms with Crippen molar-refractivity contribution in [2.75, 3.05) is 13.1 Å². The summed E-state index contributed by atoms with van der Waals surface area (Å²) >= 11 is 0. The van der Waals surface area contributed by atoms with Gasteiger partial charge in [-0.05, 0) is 18.3 Å². The number of benzene rings is 1. The van der Waals surface area contributed by atoms with Gasteiger partial charge in [-0.25, -0.2) is 4.98 Å². The van der Waals surface area contributed by atoms with E-state index in [1.54, 1.807) is 0 Å². The fourth-order valence-corrected chi connectivity index (χ4v) is 3.56. The number of nitrogens with zero attached hydrogens (tertiary/aromatic N) is 3. The average molecular weight is 383 g/mol. The maximum absolute atomic E-state index is 13.1. The Labute approximate surface area is 169 Å². The summed E-state index contributed by atoms with van der Waals surface area (Å²) in [6, 6.07) is 10.2. The van der Waals surface area contributed by atoms with E-state index in [9.17, 15) is 4.79 Å². The molecule has 2 heterocycles. The number of carbonyl (C=O) groups is 1. The minimum atomic E-state index is -0.0697. The Kier molecular flexibility index (Phi) is 5.94. The van der Waals surface area contributed by atoms with E-state index in [2.05, 4.69) is 68.5 Å². The third-order valence-electron chi connectivity index (χ3n) is 5.60. The van der Waals surface area contributed by atoms with Crippen LogP contribution in [0.2, 0.25) is 0 Å². The molecule has 3 rings (SSSR count). The van der Waals surface area contributed by atoms with Gasteiger partial charge in [0, 0.05) is 37.8 Å². The molecule has 0 spiro atoms. The van der Waals surface area contributed by atoms with Crippen molar-refractivity contribution in [2.45, 2.75) is 60.7 Å². The third kappa shape index (κ3) is 4.46. The topological polar surface area (TPSA) is 50.2 Å². The highest BCUT2D eigenvalue weighted by Crippen LogP contribution is 2.27. The molecule has 5 heteroatoms. The van der Waals surface area contributed by atoms with Crippen molar-refractivity contribution < 1.29 is 4.79 Å². The molecule has 0 aliphatic carbocycles. The molecule has 1 N–H and O–H groups in total. The summed E-state index contributed by atoms with van der Waals surface area (Å²) < 4.78 is 2.24. The van der Waals surface area contributed by atoms with Gasteiger partial charge in [-0.1, -0.05) is 65.0 Å². The molecule has 1 aromatic carbocycles. The molecular weight excluding hydrogens is 348 g/mol. The van der Waals surface area contributed by atoms with Gasteiger partial charge in [-0.2, -0.15) is 0 Å². The smallest absolute Gasteiger partial charge is 0.272 e. The van der Waals surface area contributed by atoms with Crippen LogP contribution in [0.5, 0.6) is 0 Å². The highest BCUT2D eigenvalue weighted by atomic mass is 16.2. The standard InChI is InChI=1S/C23H34N4O/c1-16(2)14-26-12-13-27-19(15-26)20(22(28)24-17(3)23(4,5)6)25-21(27)18-10-8-7-9-11-18/h7-11,16-17H,12-15H2,1-6H3,(H,24,28)/t17-/m1/s1. The molecule has 5 nitrogen and oxygen atoms in total. The first-order valence-electron chi connectivity index (χ1n) is 10.3. The maximum Gasteiger partial charge on any atom is 0.272 e. The minimum absolute atomic E-state index is 0.00138. The zero-order valence-electron chi connectivity index (χ0n) is 18.1. The molecule has 0 saturated carbocycles. The summed E-state index contributed by atoms with van der Waals surface area (Å²) in [6.45, 7) is 16.6. The monoisotopic (exact) mass is 382 g/mol. The summed E-state index contributed by atoms with van der Waals surface area (Å²) in [5.41, 5.74) is 2.67. The Morgan fingerprint density at radius 2 is 1.82 bits per heavy atom. The van der Waals surface area contributed by atoms with Gasteiger partial charge in [0.05, 0.1) is 5.69 Å². The van der Waals surface area contributed by atoms with E-state index in [1.165, 1.54) is 0 Å². The molecule has 1 aromatic heterocycles. The van der Waals surface area contributed by atoms with Crippen molar-refractivity contribution in [3.8, 4) is 11.4 Å². The van der Waals surface area contributed by atoms with E-state index in [0.717, 1.165) is 43.3 Å². The van der Waals surface area contributed by atoms with Crippen LogP contribution in [-0.4, -0.2) is 39.5 Å². The second kappa shape index (κ2) is 8.08. The molecule has 1 amide bonds. The van der Waals surface area contributed by atoms with Crippen LogP contribution < -0.4 is 5.32 Å². The van der Waals surface area contributed by atoms with Crippen LogP contribution in [0, 0.1) is 11.3 Å². The Bertz CT molecular complexity index is 817. The van der Waals surface area contributed by atoms with E-state index in [4.69, 9.17) is 4.98 Å². The summed E-state index contributed by atoms with van der Waals surface area (Å²) in [5, 5.41) is 3.17. The number of fused-ring (bicyclic) bond motifs is 1. The lowest BCUT2D eigenvalue weighted by Gasteiger charge is -2.31. The number of hydrogen-bond acceptors (Lipinski definition) is 3. The fourth-order valence-electron chi connectivity index (χ4n) is 3.56. The first-order valence-corrected chi connectivity index (χ1v) is 10.3. The predicted molar refractivity (Wildman–Crippen MR) is 114 cm³/mol. The molecule has 2 aromatic rings. The van der Waals surface area contributed by atoms with Crippen molar-refractivity contribution in [1.29, 1.82) is 0 Å². The Hall–Kier alpha value is -2.14. The van der Waals surface area contributed by atoms with Crippen LogP contribution in [-0.2, 0) is 13.1 Å². The molecule has 1 aliphatic rings. The number of imidazole rings is 1. The van der Waals surface area contributed by atoms with E-state index in [1.807, 2.05) is 18.2 Å². The number of rotatable bonds is 5. The van der Waals surface area contributed by atoms with E-state index in [-0.39, 0.29) is 17.4 Å². The summed E-state index contributed by atoms with van der Waals surface area (Å²) in [4.78, 5) is 20.4. The van der Waals surface area contributed by atoms with Gasteiger partial charge in [0.25, 0.3) is 5.91 Å². The second-order valence-electron chi connectivity index (χ2n) is 9.44. The largest absolute Gasteiger partial charge is 0.348 e. The lowest BCUT2D eigenvalue weighted by Crippen LogP contribution is -2.42. The van der Waals surface area contributed by atoms with Crippen molar-refractivity contribution in [3.05, 3.63) is 41.7 Å². The molecule has 152 valence electrons. The lowest BCUT2D eigenvalue weighted by molar-refractivity contribution is 0.0901. The molecule has 0 bridgehead atoms. The lowest BCUT2D eigenvalue weighted by atomic mass is 9.88. The summed E-state index contributed by atoms with van der Waals surface area (Å²) in [6.07, 6.45) is 0. The second-order valence-corrected chi connectivity index (χ2v) is 9.44. The van der Waals surface area contributed by atoms with Crippen LogP contribution in [0.25, 0.3) is 11.4 Å². The quantitative estimate of drug-likeness (QED) is 0.844. The van der Waals surface area contributed by atoms with Crippen LogP contribution in [0.15, 0.2) is 30.3 Å². The first kappa shape index (κ1) is 20.6. The van der Waals surface area contributed by atoms with E-state index >= 15 is 0 Å². The molecule has 1 aliphatic heterocycles. The molecular formula is C23H34N4O. The number of nitrogens with one attached hydrogen (secondary N) is 1. The maximum atomic E-state index is 13.1. The number of hydrogen-bond donors (Lipinski definition) is 1. The summed E-state index contributed by atoms with van der Waals surface area (Å²) in [7, 11) is 0. The minimum Gasteiger partial charge on any atom is -0.348 e. The van der Waals surface area contributed by atoms with Crippen molar-refractivity contribution >= 4 is 5.91 Å². The molecule has 0 fully saturated rings. The fraction of sp³-hybridized carbons (Fsp3) is 0.565. The SMILES string of the molecule is CC(C)CN1CCn2c(-c3ccccc3)nc(C(=O)N[C@H](C)C(C)(C)C)c2C1. The van der Waals surface area contributed by atoms with E-state index in [0.29, 0.717) is 11.6 Å². The zero-order valence-corrected chi connectivity index (χ0v) is 18.1. The highest BCUT2D eigenvalue weighted by Gasteiger charge is 2.30. The highest BCUT2D eigenvalue weighted by molar-refractivity contribution is 5.94. The van der Waals surface area contributed by atoms with Crippen LogP contribution >= 0.6 is 0 Å². The van der Waals surface area contributed by atoms with Crippen molar-refractivity contribution in [1.82, 2.24) is 19.8 Å². The van der Waals surface area contributed by atoms with Gasteiger partial charge in [0.1, 0.15) is 5.82 Å². The number of amides is 1. The van der Waals surface area contributed by atoms with Gasteiger partial charge in [0.15, 0.2) is 5.69 Å². The van der Waals surface area contributed by atoms with Crippen molar-refractivity contribution in [3.63, 3.8) is 0 Å². The molecule has 1 atom stereocenters. The van der Waals surface area contributed by atoms with Crippen LogP contribution in [0.4, 0.5) is 0 Å². The zero-order chi connectivity index (χ0) is 20.5. The van der Waals surface area contributed by atoms with Crippen LogP contribution in [0.1, 0.15) is 57.7 Å².